The standard InChI is InChI=1S/C33H20ClN5/c34-31-35-32(38-26-17-7-4-13-23(26)24-14-5-8-18-27(24)38)37-33(36-31)39-28-19-9-6-15-25(28)30-22(16-10-20-29(30)39)21-11-2-1-3-12-21/h1-20H. The lowest BCUT2D eigenvalue weighted by atomic mass is 9.99. The third-order valence-corrected chi connectivity index (χ3v) is 7.52. The molecule has 3 aromatic heterocycles. The van der Waals surface area contributed by atoms with Gasteiger partial charge in [0.2, 0.25) is 17.2 Å². The lowest BCUT2D eigenvalue weighted by Crippen LogP contribution is -2.08. The minimum absolute atomic E-state index is 0.141. The molecule has 184 valence electrons. The Kier molecular flexibility index (Phi) is 4.81. The molecule has 0 aliphatic carbocycles. The summed E-state index contributed by atoms with van der Waals surface area (Å²) in [5.74, 6) is 0.954. The second kappa shape index (κ2) is 8.51. The number of fused-ring (bicyclic) bond motifs is 6. The highest BCUT2D eigenvalue weighted by Crippen LogP contribution is 2.38. The summed E-state index contributed by atoms with van der Waals surface area (Å²) >= 11 is 6.63. The van der Waals surface area contributed by atoms with Crippen molar-refractivity contribution in [2.24, 2.45) is 0 Å². The van der Waals surface area contributed by atoms with Crippen molar-refractivity contribution in [3.63, 3.8) is 0 Å². The van der Waals surface area contributed by atoms with Crippen LogP contribution in [-0.4, -0.2) is 24.1 Å². The van der Waals surface area contributed by atoms with E-state index < -0.39 is 0 Å². The summed E-state index contributed by atoms with van der Waals surface area (Å²) in [4.78, 5) is 14.3. The third kappa shape index (κ3) is 3.30. The summed E-state index contributed by atoms with van der Waals surface area (Å²) in [5.41, 5.74) is 6.36. The number of rotatable bonds is 3. The van der Waals surface area contributed by atoms with Crippen LogP contribution in [0.5, 0.6) is 0 Å². The van der Waals surface area contributed by atoms with Crippen molar-refractivity contribution in [3.05, 3.63) is 127 Å². The van der Waals surface area contributed by atoms with Gasteiger partial charge < -0.3 is 0 Å². The largest absolute Gasteiger partial charge is 0.278 e. The lowest BCUT2D eigenvalue weighted by Gasteiger charge is -2.10. The zero-order chi connectivity index (χ0) is 25.9. The SMILES string of the molecule is Clc1nc(-n2c3ccccc3c3ccccc32)nc(-n2c3ccccc3c3c(-c4ccccc4)cccc32)n1. The predicted molar refractivity (Wildman–Crippen MR) is 159 cm³/mol. The molecular weight excluding hydrogens is 502 g/mol. The summed E-state index contributed by atoms with van der Waals surface area (Å²) in [6.45, 7) is 0. The van der Waals surface area contributed by atoms with Gasteiger partial charge in [-0.1, -0.05) is 97.1 Å². The number of hydrogen-bond acceptors (Lipinski definition) is 3. The van der Waals surface area contributed by atoms with Crippen LogP contribution in [0, 0.1) is 0 Å². The van der Waals surface area contributed by atoms with E-state index in [0.717, 1.165) is 54.7 Å². The van der Waals surface area contributed by atoms with Crippen LogP contribution in [0.3, 0.4) is 0 Å². The minimum Gasteiger partial charge on any atom is -0.278 e. The highest BCUT2D eigenvalue weighted by Gasteiger charge is 2.20. The van der Waals surface area contributed by atoms with Crippen LogP contribution in [0.4, 0.5) is 0 Å². The molecule has 0 radical (unpaired) electrons. The number of benzene rings is 5. The van der Waals surface area contributed by atoms with E-state index in [1.165, 1.54) is 0 Å². The molecule has 3 heterocycles. The Morgan fingerprint density at radius 2 is 0.923 bits per heavy atom. The van der Waals surface area contributed by atoms with E-state index in [9.17, 15) is 0 Å². The molecule has 0 atom stereocenters. The molecule has 0 spiro atoms. The van der Waals surface area contributed by atoms with E-state index in [2.05, 4.69) is 104 Å². The Morgan fingerprint density at radius 1 is 0.436 bits per heavy atom. The summed E-state index contributed by atoms with van der Waals surface area (Å²) < 4.78 is 4.15. The smallest absolute Gasteiger partial charge is 0.240 e. The van der Waals surface area contributed by atoms with Crippen molar-refractivity contribution in [1.29, 1.82) is 0 Å². The normalized spacial score (nSPS) is 11.7. The molecule has 39 heavy (non-hydrogen) atoms. The molecule has 0 unspecified atom stereocenters. The summed E-state index contributed by atoms with van der Waals surface area (Å²) in [6, 6.07) is 41.7. The van der Waals surface area contributed by atoms with Crippen LogP contribution >= 0.6 is 11.6 Å². The van der Waals surface area contributed by atoms with Gasteiger partial charge in [0, 0.05) is 21.5 Å². The average molecular weight is 522 g/mol. The minimum atomic E-state index is 0.141. The van der Waals surface area contributed by atoms with Crippen LogP contribution in [0.1, 0.15) is 0 Å². The highest BCUT2D eigenvalue weighted by molar-refractivity contribution is 6.28. The third-order valence-electron chi connectivity index (χ3n) is 7.35. The van der Waals surface area contributed by atoms with Gasteiger partial charge in [-0.2, -0.15) is 15.0 Å². The molecule has 0 fully saturated rings. The maximum absolute atomic E-state index is 6.63. The number of para-hydroxylation sites is 3. The molecule has 0 aliphatic heterocycles. The first-order valence-corrected chi connectivity index (χ1v) is 13.1. The van der Waals surface area contributed by atoms with Gasteiger partial charge in [-0.05, 0) is 47.0 Å². The van der Waals surface area contributed by atoms with E-state index >= 15 is 0 Å². The Labute approximate surface area is 228 Å². The first-order chi connectivity index (χ1) is 19.3. The van der Waals surface area contributed by atoms with E-state index in [1.807, 2.05) is 36.4 Å². The van der Waals surface area contributed by atoms with E-state index in [1.54, 1.807) is 0 Å². The number of nitrogens with zero attached hydrogens (tertiary/aromatic N) is 5. The van der Waals surface area contributed by atoms with Crippen LogP contribution in [0.15, 0.2) is 121 Å². The lowest BCUT2D eigenvalue weighted by molar-refractivity contribution is 0.887. The molecular formula is C33H20ClN5. The number of halogens is 1. The van der Waals surface area contributed by atoms with Gasteiger partial charge >= 0.3 is 0 Å². The van der Waals surface area contributed by atoms with Crippen molar-refractivity contribution in [3.8, 4) is 23.0 Å². The van der Waals surface area contributed by atoms with E-state index in [-0.39, 0.29) is 5.28 Å². The second-order valence-electron chi connectivity index (χ2n) is 9.49. The summed E-state index contributed by atoms with van der Waals surface area (Å²) in [6.07, 6.45) is 0. The first-order valence-electron chi connectivity index (χ1n) is 12.8. The first kappa shape index (κ1) is 22.0. The molecule has 8 aromatic rings. The van der Waals surface area contributed by atoms with Gasteiger partial charge in [0.25, 0.3) is 0 Å². The van der Waals surface area contributed by atoms with Crippen molar-refractivity contribution in [2.75, 3.05) is 0 Å². The molecule has 0 saturated carbocycles. The Bertz CT molecular complexity index is 2140. The van der Waals surface area contributed by atoms with Crippen molar-refractivity contribution in [2.45, 2.75) is 0 Å². The molecule has 0 N–H and O–H groups in total. The molecule has 5 aromatic carbocycles. The Hall–Kier alpha value is -5.00. The van der Waals surface area contributed by atoms with Gasteiger partial charge in [0.05, 0.1) is 22.1 Å². The highest BCUT2D eigenvalue weighted by atomic mass is 35.5. The molecule has 0 saturated heterocycles. The van der Waals surface area contributed by atoms with Crippen LogP contribution in [0.2, 0.25) is 5.28 Å². The monoisotopic (exact) mass is 521 g/mol. The molecule has 0 bridgehead atoms. The molecule has 6 heteroatoms. The Balaban J connectivity index is 1.45. The maximum Gasteiger partial charge on any atom is 0.240 e. The van der Waals surface area contributed by atoms with Gasteiger partial charge in [0.1, 0.15) is 0 Å². The zero-order valence-corrected chi connectivity index (χ0v) is 21.4. The predicted octanol–water partition coefficient (Wildman–Crippen LogP) is 8.39. The van der Waals surface area contributed by atoms with Crippen LogP contribution < -0.4 is 0 Å². The molecule has 0 aliphatic rings. The fraction of sp³-hybridized carbons (Fsp3) is 0. The molecule has 0 amide bonds. The average Bonchev–Trinajstić information content (AvgIpc) is 3.50. The van der Waals surface area contributed by atoms with E-state index in [0.29, 0.717) is 11.9 Å². The van der Waals surface area contributed by atoms with Gasteiger partial charge in [0.15, 0.2) is 0 Å². The van der Waals surface area contributed by atoms with Crippen molar-refractivity contribution < 1.29 is 0 Å². The second-order valence-corrected chi connectivity index (χ2v) is 9.83. The van der Waals surface area contributed by atoms with Crippen molar-refractivity contribution >= 4 is 55.2 Å². The quantitative estimate of drug-likeness (QED) is 0.234. The number of hydrogen-bond donors (Lipinski definition) is 0. The molecule has 5 nitrogen and oxygen atoms in total. The summed E-state index contributed by atoms with van der Waals surface area (Å²) in [5, 5.41) is 4.68. The number of aromatic nitrogens is 5. The zero-order valence-electron chi connectivity index (χ0n) is 20.7. The van der Waals surface area contributed by atoms with Gasteiger partial charge in [-0.15, -0.1) is 0 Å². The Morgan fingerprint density at radius 3 is 1.56 bits per heavy atom. The van der Waals surface area contributed by atoms with Crippen molar-refractivity contribution in [1.82, 2.24) is 24.1 Å². The van der Waals surface area contributed by atoms with Crippen LogP contribution in [0.25, 0.3) is 66.6 Å². The van der Waals surface area contributed by atoms with Crippen LogP contribution in [-0.2, 0) is 0 Å². The maximum atomic E-state index is 6.63. The fourth-order valence-electron chi connectivity index (χ4n) is 5.76. The molecule has 8 rings (SSSR count). The van der Waals surface area contributed by atoms with Gasteiger partial charge in [-0.3, -0.25) is 9.13 Å². The summed E-state index contributed by atoms with van der Waals surface area (Å²) in [7, 11) is 0. The van der Waals surface area contributed by atoms with E-state index in [4.69, 9.17) is 16.6 Å². The fourth-order valence-corrected chi connectivity index (χ4v) is 5.91. The topological polar surface area (TPSA) is 48.5 Å². The van der Waals surface area contributed by atoms with Gasteiger partial charge in [-0.25, -0.2) is 0 Å².